The second-order valence-corrected chi connectivity index (χ2v) is 9.54. The molecule has 6 heteroatoms. The van der Waals surface area contributed by atoms with E-state index in [-0.39, 0.29) is 24.0 Å². The number of esters is 1. The van der Waals surface area contributed by atoms with Crippen LogP contribution in [0.25, 0.3) is 0 Å². The second kappa shape index (κ2) is 9.56. The van der Waals surface area contributed by atoms with Gasteiger partial charge in [0.1, 0.15) is 12.1 Å². The number of nitrogens with two attached hydrogens (primary N) is 1. The monoisotopic (exact) mass is 418 g/mol. The molecule has 168 valence electrons. The third-order valence-electron chi connectivity index (χ3n) is 6.60. The number of carbonyl (C=O) groups is 1. The lowest BCUT2D eigenvalue weighted by molar-refractivity contribution is -0.160. The average molecular weight is 419 g/mol. The van der Waals surface area contributed by atoms with Gasteiger partial charge in [0.15, 0.2) is 11.5 Å². The van der Waals surface area contributed by atoms with Gasteiger partial charge in [-0.25, -0.2) is 0 Å². The first kappa shape index (κ1) is 22.9. The zero-order valence-electron chi connectivity index (χ0n) is 19.3. The Balaban J connectivity index is 1.88. The Hall–Kier alpha value is -1.79. The van der Waals surface area contributed by atoms with E-state index in [9.17, 15) is 4.79 Å². The third-order valence-corrected chi connectivity index (χ3v) is 6.60. The lowest BCUT2D eigenvalue weighted by Gasteiger charge is -2.47. The SMILES string of the molecule is COc1cc2c(cc1OC)[C@H]1C[C@H](OC(=O)[C@@H](N)C(C)C)[C@@H](CC(C)C)CN1CC2. The summed E-state index contributed by atoms with van der Waals surface area (Å²) in [5, 5.41) is 0. The molecule has 0 amide bonds. The number of ether oxygens (including phenoxy) is 3. The molecule has 0 aromatic heterocycles. The zero-order valence-corrected chi connectivity index (χ0v) is 19.3. The van der Waals surface area contributed by atoms with E-state index in [1.807, 2.05) is 13.8 Å². The van der Waals surface area contributed by atoms with Crippen LogP contribution in [-0.2, 0) is 16.0 Å². The van der Waals surface area contributed by atoms with Crippen LogP contribution in [0.3, 0.4) is 0 Å². The van der Waals surface area contributed by atoms with Crippen molar-refractivity contribution >= 4 is 5.97 Å². The van der Waals surface area contributed by atoms with Crippen LogP contribution in [0.5, 0.6) is 11.5 Å². The molecule has 2 heterocycles. The number of carbonyl (C=O) groups excluding carboxylic acids is 1. The van der Waals surface area contributed by atoms with E-state index in [1.165, 1.54) is 11.1 Å². The Kier molecular flexibility index (Phi) is 7.30. The van der Waals surface area contributed by atoms with Crippen molar-refractivity contribution < 1.29 is 19.0 Å². The van der Waals surface area contributed by atoms with E-state index in [0.717, 1.165) is 43.9 Å². The predicted octanol–water partition coefficient (Wildman–Crippen LogP) is 3.56. The molecule has 0 spiro atoms. The van der Waals surface area contributed by atoms with Gasteiger partial charge in [0.2, 0.25) is 0 Å². The normalized spacial score (nSPS) is 24.9. The van der Waals surface area contributed by atoms with Crippen molar-refractivity contribution in [2.45, 2.75) is 65.1 Å². The fourth-order valence-corrected chi connectivity index (χ4v) is 4.88. The van der Waals surface area contributed by atoms with Crippen molar-refractivity contribution in [2.75, 3.05) is 27.3 Å². The first-order valence-electron chi connectivity index (χ1n) is 11.2. The molecule has 0 unspecified atom stereocenters. The Morgan fingerprint density at radius 1 is 1.17 bits per heavy atom. The van der Waals surface area contributed by atoms with Gasteiger partial charge in [-0.2, -0.15) is 0 Å². The van der Waals surface area contributed by atoms with Crippen LogP contribution >= 0.6 is 0 Å². The molecule has 1 aromatic rings. The third kappa shape index (κ3) is 4.75. The molecule has 0 radical (unpaired) electrons. The summed E-state index contributed by atoms with van der Waals surface area (Å²) >= 11 is 0. The van der Waals surface area contributed by atoms with Gasteiger partial charge in [-0.3, -0.25) is 9.69 Å². The minimum Gasteiger partial charge on any atom is -0.493 e. The van der Waals surface area contributed by atoms with Crippen LogP contribution in [0, 0.1) is 17.8 Å². The summed E-state index contributed by atoms with van der Waals surface area (Å²) in [6, 6.07) is 3.84. The van der Waals surface area contributed by atoms with E-state index in [1.54, 1.807) is 14.2 Å². The predicted molar refractivity (Wildman–Crippen MR) is 118 cm³/mol. The molecule has 2 aliphatic heterocycles. The highest BCUT2D eigenvalue weighted by Crippen LogP contribution is 2.44. The Morgan fingerprint density at radius 2 is 1.83 bits per heavy atom. The average Bonchev–Trinajstić information content (AvgIpc) is 2.71. The van der Waals surface area contributed by atoms with Crippen LogP contribution in [0.2, 0.25) is 0 Å². The highest BCUT2D eigenvalue weighted by Gasteiger charge is 2.41. The summed E-state index contributed by atoms with van der Waals surface area (Å²) in [6.07, 6.45) is 2.70. The number of methoxy groups -OCH3 is 2. The standard InChI is InChI=1S/C24H38N2O4/c1-14(2)9-17-13-26-8-7-16-10-21(28-5)22(29-6)11-18(16)19(26)12-20(17)30-24(27)23(25)15(3)4/h10-11,14-15,17,19-20,23H,7-9,12-13,25H2,1-6H3/t17-,19+,20-,23-/m0/s1. The molecule has 6 nitrogen and oxygen atoms in total. The van der Waals surface area contributed by atoms with Crippen molar-refractivity contribution in [3.8, 4) is 11.5 Å². The van der Waals surface area contributed by atoms with Crippen molar-refractivity contribution in [2.24, 2.45) is 23.5 Å². The molecule has 3 rings (SSSR count). The Morgan fingerprint density at radius 3 is 2.43 bits per heavy atom. The maximum Gasteiger partial charge on any atom is 0.323 e. The molecular formula is C24H38N2O4. The van der Waals surface area contributed by atoms with Crippen molar-refractivity contribution in [3.05, 3.63) is 23.3 Å². The van der Waals surface area contributed by atoms with Gasteiger partial charge >= 0.3 is 5.97 Å². The minimum atomic E-state index is -0.578. The molecule has 30 heavy (non-hydrogen) atoms. The molecule has 0 saturated carbocycles. The first-order chi connectivity index (χ1) is 14.2. The lowest BCUT2D eigenvalue weighted by atomic mass is 9.79. The van der Waals surface area contributed by atoms with E-state index in [0.29, 0.717) is 11.8 Å². The number of fused-ring (bicyclic) bond motifs is 3. The fourth-order valence-electron chi connectivity index (χ4n) is 4.88. The molecule has 1 saturated heterocycles. The largest absolute Gasteiger partial charge is 0.493 e. The van der Waals surface area contributed by atoms with Gasteiger partial charge in [-0.1, -0.05) is 27.7 Å². The minimum absolute atomic E-state index is 0.0632. The van der Waals surface area contributed by atoms with Gasteiger partial charge in [0.25, 0.3) is 0 Å². The van der Waals surface area contributed by atoms with E-state index in [4.69, 9.17) is 19.9 Å². The molecule has 1 aromatic carbocycles. The lowest BCUT2D eigenvalue weighted by Crippen LogP contribution is -2.51. The summed E-state index contributed by atoms with van der Waals surface area (Å²) in [5.74, 6) is 2.18. The maximum absolute atomic E-state index is 12.7. The fraction of sp³-hybridized carbons (Fsp3) is 0.708. The molecule has 4 atom stereocenters. The van der Waals surface area contributed by atoms with E-state index < -0.39 is 6.04 Å². The maximum atomic E-state index is 12.7. The first-order valence-corrected chi connectivity index (χ1v) is 11.2. The number of piperidine rings is 1. The number of hydrogen-bond donors (Lipinski definition) is 1. The van der Waals surface area contributed by atoms with Gasteiger partial charge in [-0.15, -0.1) is 0 Å². The van der Waals surface area contributed by atoms with Gasteiger partial charge in [-0.05, 0) is 47.9 Å². The highest BCUT2D eigenvalue weighted by atomic mass is 16.5. The summed E-state index contributed by atoms with van der Waals surface area (Å²) in [5.41, 5.74) is 8.64. The number of rotatable bonds is 7. The topological polar surface area (TPSA) is 74.0 Å². The molecule has 0 bridgehead atoms. The van der Waals surface area contributed by atoms with Crippen molar-refractivity contribution in [1.29, 1.82) is 0 Å². The molecule has 1 fully saturated rings. The van der Waals surface area contributed by atoms with E-state index >= 15 is 0 Å². The van der Waals surface area contributed by atoms with E-state index in [2.05, 4.69) is 30.9 Å². The number of benzene rings is 1. The summed E-state index contributed by atoms with van der Waals surface area (Å²) < 4.78 is 17.1. The number of nitrogens with zero attached hydrogens (tertiary/aromatic N) is 1. The highest BCUT2D eigenvalue weighted by molar-refractivity contribution is 5.76. The molecular weight excluding hydrogens is 380 g/mol. The summed E-state index contributed by atoms with van der Waals surface area (Å²) in [7, 11) is 3.34. The summed E-state index contributed by atoms with van der Waals surface area (Å²) in [4.78, 5) is 15.2. The second-order valence-electron chi connectivity index (χ2n) is 9.54. The quantitative estimate of drug-likeness (QED) is 0.683. The van der Waals surface area contributed by atoms with Crippen LogP contribution in [0.15, 0.2) is 12.1 Å². The van der Waals surface area contributed by atoms with Crippen molar-refractivity contribution in [3.63, 3.8) is 0 Å². The summed E-state index contributed by atoms with van der Waals surface area (Å²) in [6.45, 7) is 10.3. The van der Waals surface area contributed by atoms with Crippen LogP contribution in [-0.4, -0.2) is 50.3 Å². The molecule has 0 aliphatic carbocycles. The van der Waals surface area contributed by atoms with Crippen LogP contribution in [0.1, 0.15) is 57.7 Å². The van der Waals surface area contributed by atoms with Gasteiger partial charge < -0.3 is 19.9 Å². The van der Waals surface area contributed by atoms with Gasteiger partial charge in [0, 0.05) is 31.5 Å². The number of hydrogen-bond acceptors (Lipinski definition) is 6. The smallest absolute Gasteiger partial charge is 0.323 e. The zero-order chi connectivity index (χ0) is 22.0. The Bertz CT molecular complexity index is 749. The molecule has 2 N–H and O–H groups in total. The van der Waals surface area contributed by atoms with Crippen LogP contribution in [0.4, 0.5) is 0 Å². The van der Waals surface area contributed by atoms with Crippen LogP contribution < -0.4 is 15.2 Å². The Labute approximate surface area is 181 Å². The van der Waals surface area contributed by atoms with Crippen molar-refractivity contribution in [1.82, 2.24) is 4.90 Å². The van der Waals surface area contributed by atoms with Gasteiger partial charge in [0.05, 0.1) is 14.2 Å². The molecule has 2 aliphatic rings.